The average Bonchev–Trinajstić information content (AvgIpc) is 3.25. The van der Waals surface area contributed by atoms with Crippen molar-refractivity contribution in [1.82, 2.24) is 14.8 Å². The van der Waals surface area contributed by atoms with Crippen LogP contribution in [-0.2, 0) is 11.3 Å². The molecular formula is C17H14N4O3. The van der Waals surface area contributed by atoms with Crippen molar-refractivity contribution in [3.63, 3.8) is 0 Å². The molecule has 7 nitrogen and oxygen atoms in total. The molecule has 0 bridgehead atoms. The number of carbonyl (C=O) groups excluding carboxylic acids is 1. The van der Waals surface area contributed by atoms with E-state index in [-0.39, 0.29) is 6.54 Å². The van der Waals surface area contributed by atoms with Crippen LogP contribution < -0.4 is 0 Å². The second-order valence-electron chi connectivity index (χ2n) is 4.91. The summed E-state index contributed by atoms with van der Waals surface area (Å²) >= 11 is 0. The van der Waals surface area contributed by atoms with Gasteiger partial charge in [0.15, 0.2) is 5.82 Å². The number of benzene rings is 1. The fourth-order valence-electron chi connectivity index (χ4n) is 2.32. The van der Waals surface area contributed by atoms with Gasteiger partial charge in [-0.1, -0.05) is 12.1 Å². The zero-order valence-electron chi connectivity index (χ0n) is 13.0. The summed E-state index contributed by atoms with van der Waals surface area (Å²) < 4.78 is 12.0. The maximum Gasteiger partial charge on any atom is 0.341 e. The lowest BCUT2D eigenvalue weighted by atomic mass is 10.1. The third kappa shape index (κ3) is 3.03. The Morgan fingerprint density at radius 1 is 1.42 bits per heavy atom. The second kappa shape index (κ2) is 6.79. The molecule has 24 heavy (non-hydrogen) atoms. The van der Waals surface area contributed by atoms with E-state index in [1.54, 1.807) is 35.9 Å². The highest BCUT2D eigenvalue weighted by Gasteiger charge is 2.18. The van der Waals surface area contributed by atoms with E-state index in [2.05, 4.69) is 16.2 Å². The van der Waals surface area contributed by atoms with E-state index >= 15 is 0 Å². The van der Waals surface area contributed by atoms with Crippen molar-refractivity contribution < 1.29 is 13.9 Å². The molecule has 0 unspecified atom stereocenters. The topological polar surface area (TPSA) is 93.9 Å². The number of nitriles is 1. The first-order chi connectivity index (χ1) is 11.7. The normalized spacial score (nSPS) is 10.3. The number of esters is 1. The van der Waals surface area contributed by atoms with Gasteiger partial charge in [0, 0.05) is 5.56 Å². The molecule has 0 aliphatic heterocycles. The monoisotopic (exact) mass is 322 g/mol. The highest BCUT2D eigenvalue weighted by atomic mass is 16.5. The van der Waals surface area contributed by atoms with Gasteiger partial charge in [-0.25, -0.2) is 14.5 Å². The lowest BCUT2D eigenvalue weighted by molar-refractivity contribution is 0.0523. The van der Waals surface area contributed by atoms with Crippen LogP contribution in [0, 0.1) is 11.3 Å². The van der Waals surface area contributed by atoms with Gasteiger partial charge >= 0.3 is 5.97 Å². The van der Waals surface area contributed by atoms with Crippen molar-refractivity contribution >= 4 is 5.97 Å². The number of hydrogen-bond donors (Lipinski definition) is 0. The lowest BCUT2D eigenvalue weighted by Crippen LogP contribution is -2.10. The van der Waals surface area contributed by atoms with Crippen LogP contribution in [0.5, 0.6) is 0 Å². The zero-order chi connectivity index (χ0) is 16.9. The van der Waals surface area contributed by atoms with E-state index in [1.807, 2.05) is 6.07 Å². The minimum atomic E-state index is -0.436. The highest BCUT2D eigenvalue weighted by molar-refractivity contribution is 5.90. The Kier molecular flexibility index (Phi) is 4.38. The first kappa shape index (κ1) is 15.5. The number of ether oxygens (including phenoxy) is 1. The highest BCUT2D eigenvalue weighted by Crippen LogP contribution is 2.20. The van der Waals surface area contributed by atoms with Crippen LogP contribution in [0.15, 0.2) is 47.3 Å². The van der Waals surface area contributed by atoms with Crippen molar-refractivity contribution in [3.8, 4) is 17.5 Å². The Balaban J connectivity index is 1.91. The van der Waals surface area contributed by atoms with E-state index in [1.165, 1.54) is 12.6 Å². The van der Waals surface area contributed by atoms with Crippen LogP contribution in [0.3, 0.4) is 0 Å². The maximum absolute atomic E-state index is 11.9. The summed E-state index contributed by atoms with van der Waals surface area (Å²) in [7, 11) is 0. The minimum Gasteiger partial charge on any atom is -0.466 e. The summed E-state index contributed by atoms with van der Waals surface area (Å²) in [5, 5.41) is 13.2. The number of nitrogens with zero attached hydrogens (tertiary/aromatic N) is 4. The Labute approximate surface area is 138 Å². The molecular weight excluding hydrogens is 308 g/mol. The SMILES string of the molecule is CCOC(=O)c1ccoc1Cn1ncnc1-c1cccc(C#N)c1. The van der Waals surface area contributed by atoms with Gasteiger partial charge in [0.1, 0.15) is 24.2 Å². The zero-order valence-corrected chi connectivity index (χ0v) is 13.0. The molecule has 0 spiro atoms. The summed E-state index contributed by atoms with van der Waals surface area (Å²) in [6.45, 7) is 2.27. The van der Waals surface area contributed by atoms with Crippen molar-refractivity contribution in [2.45, 2.75) is 13.5 Å². The molecule has 0 N–H and O–H groups in total. The van der Waals surface area contributed by atoms with E-state index in [9.17, 15) is 4.79 Å². The lowest BCUT2D eigenvalue weighted by Gasteiger charge is -2.06. The van der Waals surface area contributed by atoms with Crippen LogP contribution in [0.1, 0.15) is 28.6 Å². The van der Waals surface area contributed by atoms with E-state index in [0.717, 1.165) is 5.56 Å². The van der Waals surface area contributed by atoms with Crippen LogP contribution >= 0.6 is 0 Å². The molecule has 120 valence electrons. The Bertz CT molecular complexity index is 904. The molecule has 3 rings (SSSR count). The quantitative estimate of drug-likeness (QED) is 0.670. The summed E-state index contributed by atoms with van der Waals surface area (Å²) in [5.41, 5.74) is 1.66. The fraction of sp³-hybridized carbons (Fsp3) is 0.176. The summed E-state index contributed by atoms with van der Waals surface area (Å²) in [5.74, 6) is 0.587. The Morgan fingerprint density at radius 2 is 2.29 bits per heavy atom. The summed E-state index contributed by atoms with van der Waals surface area (Å²) in [6, 6.07) is 10.7. The minimum absolute atomic E-state index is 0.229. The van der Waals surface area contributed by atoms with Crippen LogP contribution in [-0.4, -0.2) is 27.3 Å². The average molecular weight is 322 g/mol. The van der Waals surface area contributed by atoms with Gasteiger partial charge in [-0.2, -0.15) is 10.4 Å². The predicted octanol–water partition coefficient (Wildman–Crippen LogP) is 2.63. The van der Waals surface area contributed by atoms with Gasteiger partial charge in [-0.15, -0.1) is 0 Å². The molecule has 2 aromatic heterocycles. The summed E-state index contributed by atoms with van der Waals surface area (Å²) in [6.07, 6.45) is 2.86. The van der Waals surface area contributed by atoms with Crippen molar-refractivity contribution in [3.05, 3.63) is 59.8 Å². The first-order valence-corrected chi connectivity index (χ1v) is 7.34. The molecule has 0 fully saturated rings. The van der Waals surface area contributed by atoms with Gasteiger partial charge < -0.3 is 9.15 Å². The van der Waals surface area contributed by atoms with Crippen LogP contribution in [0.25, 0.3) is 11.4 Å². The van der Waals surface area contributed by atoms with E-state index in [4.69, 9.17) is 14.4 Å². The molecule has 0 saturated carbocycles. The van der Waals surface area contributed by atoms with E-state index in [0.29, 0.717) is 29.3 Å². The number of hydrogen-bond acceptors (Lipinski definition) is 6. The fourth-order valence-corrected chi connectivity index (χ4v) is 2.32. The van der Waals surface area contributed by atoms with Gasteiger partial charge in [-0.3, -0.25) is 0 Å². The molecule has 7 heteroatoms. The molecule has 0 saturated heterocycles. The van der Waals surface area contributed by atoms with Crippen LogP contribution in [0.2, 0.25) is 0 Å². The molecule has 0 aliphatic carbocycles. The number of rotatable bonds is 5. The standard InChI is InChI=1S/C17H14N4O3/c1-2-23-17(22)14-6-7-24-15(14)10-21-16(19-11-20-21)13-5-3-4-12(8-13)9-18/h3-8,11H,2,10H2,1H3. The van der Waals surface area contributed by atoms with Gasteiger partial charge in [-0.05, 0) is 25.1 Å². The molecule has 0 aliphatic rings. The van der Waals surface area contributed by atoms with Crippen molar-refractivity contribution in [2.75, 3.05) is 6.61 Å². The van der Waals surface area contributed by atoms with Crippen molar-refractivity contribution in [1.29, 1.82) is 5.26 Å². The maximum atomic E-state index is 11.9. The summed E-state index contributed by atoms with van der Waals surface area (Å²) in [4.78, 5) is 16.2. The smallest absolute Gasteiger partial charge is 0.341 e. The Hall–Kier alpha value is -3.40. The largest absolute Gasteiger partial charge is 0.466 e. The third-order valence-electron chi connectivity index (χ3n) is 3.40. The molecule has 2 heterocycles. The van der Waals surface area contributed by atoms with E-state index < -0.39 is 5.97 Å². The van der Waals surface area contributed by atoms with Crippen molar-refractivity contribution in [2.24, 2.45) is 0 Å². The van der Waals surface area contributed by atoms with Gasteiger partial charge in [0.05, 0.1) is 24.5 Å². The Morgan fingerprint density at radius 3 is 3.08 bits per heavy atom. The molecule has 0 amide bonds. The number of carbonyl (C=O) groups is 1. The van der Waals surface area contributed by atoms with Gasteiger partial charge in [0.2, 0.25) is 0 Å². The number of furan rings is 1. The first-order valence-electron chi connectivity index (χ1n) is 7.34. The molecule has 0 atom stereocenters. The molecule has 3 aromatic rings. The number of aromatic nitrogens is 3. The third-order valence-corrected chi connectivity index (χ3v) is 3.40. The van der Waals surface area contributed by atoms with Crippen LogP contribution in [0.4, 0.5) is 0 Å². The molecule has 0 radical (unpaired) electrons. The van der Waals surface area contributed by atoms with Gasteiger partial charge in [0.25, 0.3) is 0 Å². The molecule has 1 aromatic carbocycles. The second-order valence-corrected chi connectivity index (χ2v) is 4.91. The predicted molar refractivity (Wildman–Crippen MR) is 83.9 cm³/mol.